The van der Waals surface area contributed by atoms with E-state index in [4.69, 9.17) is 11.6 Å². The molecule has 1 aliphatic rings. The van der Waals surface area contributed by atoms with Gasteiger partial charge in [-0.2, -0.15) is 0 Å². The number of halogens is 2. The fraction of sp³-hybridized carbons (Fsp3) is 0.533. The van der Waals surface area contributed by atoms with Gasteiger partial charge in [-0.25, -0.2) is 0 Å². The third kappa shape index (κ3) is 4.37. The average molecular weight is 317 g/mol. The van der Waals surface area contributed by atoms with Gasteiger partial charge in [0.2, 0.25) is 5.91 Å². The second-order valence-electron chi connectivity index (χ2n) is 5.06. The molecule has 1 amide bonds. The predicted molar refractivity (Wildman–Crippen MR) is 85.4 cm³/mol. The minimum atomic E-state index is 0. The molecule has 1 aromatic rings. The summed E-state index contributed by atoms with van der Waals surface area (Å²) >= 11 is 6.18. The summed E-state index contributed by atoms with van der Waals surface area (Å²) in [7, 11) is 0. The Labute approximate surface area is 132 Å². The molecule has 0 unspecified atom stereocenters. The first-order chi connectivity index (χ1) is 9.22. The van der Waals surface area contributed by atoms with E-state index in [1.54, 1.807) is 0 Å². The van der Waals surface area contributed by atoms with Crippen molar-refractivity contribution in [2.24, 2.45) is 5.92 Å². The van der Waals surface area contributed by atoms with Crippen molar-refractivity contribution in [3.05, 3.63) is 34.9 Å². The third-order valence-corrected chi connectivity index (χ3v) is 3.91. The first kappa shape index (κ1) is 17.3. The van der Waals surface area contributed by atoms with Gasteiger partial charge in [0.25, 0.3) is 0 Å². The van der Waals surface area contributed by atoms with Gasteiger partial charge in [0.15, 0.2) is 0 Å². The zero-order chi connectivity index (χ0) is 13.7. The van der Waals surface area contributed by atoms with Crippen LogP contribution < -0.4 is 5.32 Å². The maximum absolute atomic E-state index is 12.4. The van der Waals surface area contributed by atoms with E-state index >= 15 is 0 Å². The van der Waals surface area contributed by atoms with Gasteiger partial charge in [-0.15, -0.1) is 12.4 Å². The molecule has 0 aromatic heterocycles. The van der Waals surface area contributed by atoms with Crippen LogP contribution in [0.4, 0.5) is 0 Å². The number of unbranched alkanes of at least 4 members (excludes halogenated alkanes) is 1. The average Bonchev–Trinajstić information content (AvgIpc) is 2.34. The molecule has 5 heteroatoms. The van der Waals surface area contributed by atoms with Crippen LogP contribution in [0.1, 0.15) is 25.3 Å². The first-order valence-corrected chi connectivity index (χ1v) is 7.33. The summed E-state index contributed by atoms with van der Waals surface area (Å²) in [6.45, 7) is 5.20. The zero-order valence-corrected chi connectivity index (χ0v) is 13.3. The molecular weight excluding hydrogens is 295 g/mol. The molecule has 0 bridgehead atoms. The molecule has 1 aromatic carbocycles. The number of rotatable bonds is 6. The van der Waals surface area contributed by atoms with Crippen molar-refractivity contribution in [2.75, 3.05) is 19.6 Å². The van der Waals surface area contributed by atoms with Crippen molar-refractivity contribution in [2.45, 2.75) is 26.3 Å². The van der Waals surface area contributed by atoms with Gasteiger partial charge >= 0.3 is 0 Å². The van der Waals surface area contributed by atoms with Crippen LogP contribution >= 0.6 is 24.0 Å². The number of nitrogens with zero attached hydrogens (tertiary/aromatic N) is 1. The summed E-state index contributed by atoms with van der Waals surface area (Å²) in [5.74, 6) is 0.409. The van der Waals surface area contributed by atoms with Gasteiger partial charge in [-0.3, -0.25) is 4.79 Å². The van der Waals surface area contributed by atoms with Crippen LogP contribution in [0, 0.1) is 5.92 Å². The normalized spacial score (nSPS) is 14.3. The monoisotopic (exact) mass is 316 g/mol. The van der Waals surface area contributed by atoms with Crippen molar-refractivity contribution >= 4 is 29.9 Å². The van der Waals surface area contributed by atoms with Crippen LogP contribution in [0.15, 0.2) is 24.3 Å². The Kier molecular flexibility index (Phi) is 7.35. The van der Waals surface area contributed by atoms with Crippen molar-refractivity contribution in [3.8, 4) is 0 Å². The number of carbonyl (C=O) groups excluding carboxylic acids is 1. The highest BCUT2D eigenvalue weighted by atomic mass is 35.5. The van der Waals surface area contributed by atoms with Crippen LogP contribution in [0.25, 0.3) is 0 Å². The van der Waals surface area contributed by atoms with Crippen LogP contribution in [0.3, 0.4) is 0 Å². The summed E-state index contributed by atoms with van der Waals surface area (Å²) in [5.41, 5.74) is 1.03. The molecule has 2 rings (SSSR count). The fourth-order valence-corrected chi connectivity index (χ4v) is 2.37. The minimum Gasteiger partial charge on any atom is -0.338 e. The topological polar surface area (TPSA) is 32.3 Å². The van der Waals surface area contributed by atoms with Crippen LogP contribution in [-0.2, 0) is 11.3 Å². The highest BCUT2D eigenvalue weighted by Gasteiger charge is 2.29. The van der Waals surface area contributed by atoms with Crippen molar-refractivity contribution < 1.29 is 4.79 Å². The highest BCUT2D eigenvalue weighted by molar-refractivity contribution is 6.31. The quantitative estimate of drug-likeness (QED) is 0.874. The molecule has 1 heterocycles. The Bertz CT molecular complexity index is 436. The lowest BCUT2D eigenvalue weighted by atomic mass is 10.0. The molecule has 0 atom stereocenters. The minimum absolute atomic E-state index is 0. The predicted octanol–water partition coefficient (Wildman–Crippen LogP) is 3.11. The molecule has 0 spiro atoms. The Morgan fingerprint density at radius 1 is 1.40 bits per heavy atom. The molecule has 0 saturated carbocycles. The number of amides is 1. The van der Waals surface area contributed by atoms with E-state index in [1.807, 2.05) is 29.2 Å². The van der Waals surface area contributed by atoms with E-state index in [2.05, 4.69) is 12.2 Å². The number of benzene rings is 1. The lowest BCUT2D eigenvalue weighted by molar-refractivity contribution is -0.137. The Morgan fingerprint density at radius 3 is 2.65 bits per heavy atom. The van der Waals surface area contributed by atoms with E-state index in [-0.39, 0.29) is 24.2 Å². The van der Waals surface area contributed by atoms with E-state index in [1.165, 1.54) is 0 Å². The number of hydrogen-bond acceptors (Lipinski definition) is 2. The molecule has 0 radical (unpaired) electrons. The van der Waals surface area contributed by atoms with Gasteiger partial charge in [-0.05, 0) is 18.1 Å². The fourth-order valence-electron chi connectivity index (χ4n) is 2.17. The van der Waals surface area contributed by atoms with Crippen molar-refractivity contribution in [1.82, 2.24) is 10.2 Å². The summed E-state index contributed by atoms with van der Waals surface area (Å²) in [5, 5.41) is 3.89. The van der Waals surface area contributed by atoms with Gasteiger partial charge in [0.05, 0.1) is 5.92 Å². The standard InChI is InChI=1S/C15H21ClN2O.ClH/c1-2-3-8-18(15(19)13-9-17-10-13)11-12-6-4-5-7-14(12)16;/h4-7,13,17H,2-3,8-11H2,1H3;1H. The molecule has 3 nitrogen and oxygen atoms in total. The van der Waals surface area contributed by atoms with E-state index < -0.39 is 0 Å². The molecule has 20 heavy (non-hydrogen) atoms. The van der Waals surface area contributed by atoms with Gasteiger partial charge in [0.1, 0.15) is 0 Å². The highest BCUT2D eigenvalue weighted by Crippen LogP contribution is 2.19. The van der Waals surface area contributed by atoms with E-state index in [0.717, 1.165) is 43.1 Å². The lowest BCUT2D eigenvalue weighted by Crippen LogP contribution is -2.52. The number of hydrogen-bond donors (Lipinski definition) is 1. The number of nitrogens with one attached hydrogen (secondary N) is 1. The second-order valence-corrected chi connectivity index (χ2v) is 5.47. The van der Waals surface area contributed by atoms with Crippen LogP contribution in [-0.4, -0.2) is 30.4 Å². The second kappa shape index (κ2) is 8.50. The molecule has 1 aliphatic heterocycles. The molecule has 1 N–H and O–H groups in total. The number of carbonyl (C=O) groups is 1. The smallest absolute Gasteiger partial charge is 0.228 e. The Morgan fingerprint density at radius 2 is 2.10 bits per heavy atom. The zero-order valence-electron chi connectivity index (χ0n) is 11.8. The van der Waals surface area contributed by atoms with Crippen molar-refractivity contribution in [3.63, 3.8) is 0 Å². The largest absolute Gasteiger partial charge is 0.338 e. The van der Waals surface area contributed by atoms with E-state index in [0.29, 0.717) is 6.54 Å². The molecule has 0 aliphatic carbocycles. The third-order valence-electron chi connectivity index (χ3n) is 3.54. The molecule has 1 fully saturated rings. The van der Waals surface area contributed by atoms with E-state index in [9.17, 15) is 4.79 Å². The molecule has 1 saturated heterocycles. The SMILES string of the molecule is CCCCN(Cc1ccccc1Cl)C(=O)C1CNC1.Cl. The summed E-state index contributed by atoms with van der Waals surface area (Å²) in [6, 6.07) is 7.76. The summed E-state index contributed by atoms with van der Waals surface area (Å²) in [6.07, 6.45) is 2.13. The van der Waals surface area contributed by atoms with Crippen LogP contribution in [0.2, 0.25) is 5.02 Å². The maximum Gasteiger partial charge on any atom is 0.228 e. The van der Waals surface area contributed by atoms with Gasteiger partial charge < -0.3 is 10.2 Å². The summed E-state index contributed by atoms with van der Waals surface area (Å²) < 4.78 is 0. The van der Waals surface area contributed by atoms with Gasteiger partial charge in [-0.1, -0.05) is 43.1 Å². The Hall–Kier alpha value is -0.770. The Balaban J connectivity index is 0.00000200. The van der Waals surface area contributed by atoms with Crippen molar-refractivity contribution in [1.29, 1.82) is 0 Å². The molecule has 112 valence electrons. The summed E-state index contributed by atoms with van der Waals surface area (Å²) in [4.78, 5) is 14.3. The maximum atomic E-state index is 12.4. The van der Waals surface area contributed by atoms with Crippen LogP contribution in [0.5, 0.6) is 0 Å². The van der Waals surface area contributed by atoms with Gasteiger partial charge in [0, 0.05) is 31.2 Å². The lowest BCUT2D eigenvalue weighted by Gasteiger charge is -2.32. The first-order valence-electron chi connectivity index (χ1n) is 6.95. The molecular formula is C15H22Cl2N2O.